The van der Waals surface area contributed by atoms with Crippen molar-refractivity contribution in [1.29, 1.82) is 0 Å². The lowest BCUT2D eigenvalue weighted by atomic mass is 9.64. The van der Waals surface area contributed by atoms with Gasteiger partial charge < -0.3 is 20.6 Å². The van der Waals surface area contributed by atoms with Crippen LogP contribution >= 0.6 is 0 Å². The van der Waals surface area contributed by atoms with E-state index in [4.69, 9.17) is 5.11 Å². The highest BCUT2D eigenvalue weighted by Gasteiger charge is 2.54. The maximum Gasteiger partial charge on any atom is 0.404 e. The predicted molar refractivity (Wildman–Crippen MR) is 87.0 cm³/mol. The van der Waals surface area contributed by atoms with Crippen molar-refractivity contribution in [2.24, 2.45) is 11.8 Å². The third kappa shape index (κ3) is 3.15. The van der Waals surface area contributed by atoms with E-state index >= 15 is 0 Å². The highest BCUT2D eigenvalue weighted by atomic mass is 16.4. The molecule has 0 aromatic rings. The van der Waals surface area contributed by atoms with E-state index in [-0.39, 0.29) is 28.9 Å². The molecule has 22 heavy (non-hydrogen) atoms. The summed E-state index contributed by atoms with van der Waals surface area (Å²) in [4.78, 5) is 25.4. The van der Waals surface area contributed by atoms with Crippen LogP contribution in [-0.4, -0.2) is 46.8 Å². The first-order valence-corrected chi connectivity index (χ1v) is 8.15. The van der Waals surface area contributed by atoms with Gasteiger partial charge in [-0.25, -0.2) is 9.59 Å². The summed E-state index contributed by atoms with van der Waals surface area (Å²) in [5.74, 6) is 0.424. The molecule has 0 saturated carbocycles. The van der Waals surface area contributed by atoms with Crippen LogP contribution in [0.1, 0.15) is 53.9 Å². The second-order valence-corrected chi connectivity index (χ2v) is 6.89. The number of nitrogens with one attached hydrogen (secondary N) is 2. The summed E-state index contributed by atoms with van der Waals surface area (Å²) < 4.78 is 0. The van der Waals surface area contributed by atoms with Crippen LogP contribution in [0.4, 0.5) is 9.59 Å². The van der Waals surface area contributed by atoms with Gasteiger partial charge in [-0.1, -0.05) is 20.8 Å². The van der Waals surface area contributed by atoms with Crippen molar-refractivity contribution >= 4 is 12.1 Å². The Morgan fingerprint density at radius 3 is 2.27 bits per heavy atom. The van der Waals surface area contributed by atoms with Gasteiger partial charge in [0.15, 0.2) is 0 Å². The van der Waals surface area contributed by atoms with E-state index in [9.17, 15) is 9.59 Å². The number of rotatable bonds is 4. The van der Waals surface area contributed by atoms with Crippen LogP contribution < -0.4 is 10.6 Å². The van der Waals surface area contributed by atoms with Gasteiger partial charge in [-0.15, -0.1) is 0 Å². The van der Waals surface area contributed by atoms with E-state index < -0.39 is 6.09 Å². The Morgan fingerprint density at radius 2 is 1.86 bits per heavy atom. The molecule has 0 aromatic carbocycles. The van der Waals surface area contributed by atoms with Gasteiger partial charge in [0.1, 0.15) is 0 Å². The fourth-order valence-electron chi connectivity index (χ4n) is 4.00. The molecule has 1 aliphatic rings. The molecule has 128 valence electrons. The molecule has 1 aliphatic heterocycles. The van der Waals surface area contributed by atoms with E-state index in [0.29, 0.717) is 6.54 Å². The first-order chi connectivity index (χ1) is 10.2. The van der Waals surface area contributed by atoms with E-state index in [1.165, 1.54) is 0 Å². The summed E-state index contributed by atoms with van der Waals surface area (Å²) in [7, 11) is 1.66. The molecular formula is C16H31N3O3. The summed E-state index contributed by atoms with van der Waals surface area (Å²) in [6, 6.07) is -0.0507. The van der Waals surface area contributed by atoms with Crippen molar-refractivity contribution in [1.82, 2.24) is 15.5 Å². The maximum absolute atomic E-state index is 12.5. The molecule has 3 amide bonds. The van der Waals surface area contributed by atoms with Crippen molar-refractivity contribution in [2.45, 2.75) is 65.0 Å². The lowest BCUT2D eigenvalue weighted by Crippen LogP contribution is -2.70. The zero-order valence-corrected chi connectivity index (χ0v) is 14.7. The number of likely N-dealkylation sites (tertiary alicyclic amines) is 1. The van der Waals surface area contributed by atoms with Crippen molar-refractivity contribution in [3.05, 3.63) is 0 Å². The van der Waals surface area contributed by atoms with Crippen LogP contribution in [0, 0.1) is 11.8 Å². The van der Waals surface area contributed by atoms with Gasteiger partial charge in [0.25, 0.3) is 0 Å². The molecule has 6 heteroatoms. The van der Waals surface area contributed by atoms with E-state index in [1.807, 2.05) is 4.90 Å². The second kappa shape index (κ2) is 6.75. The average molecular weight is 313 g/mol. The number of carboxylic acid groups (broad SMARTS) is 1. The number of hydrogen-bond donors (Lipinski definition) is 3. The third-order valence-corrected chi connectivity index (χ3v) is 5.85. The normalized spacial score (nSPS) is 35.1. The molecule has 1 heterocycles. The minimum atomic E-state index is -0.989. The molecule has 3 N–H and O–H groups in total. The molecule has 6 nitrogen and oxygen atoms in total. The summed E-state index contributed by atoms with van der Waals surface area (Å²) in [6.45, 7) is 11.0. The Morgan fingerprint density at radius 1 is 1.27 bits per heavy atom. The lowest BCUT2D eigenvalue weighted by Gasteiger charge is -2.60. The van der Waals surface area contributed by atoms with Crippen molar-refractivity contribution in [3.63, 3.8) is 0 Å². The highest BCUT2D eigenvalue weighted by Crippen LogP contribution is 2.48. The topological polar surface area (TPSA) is 81.7 Å². The third-order valence-electron chi connectivity index (χ3n) is 5.85. The predicted octanol–water partition coefficient (Wildman–Crippen LogP) is 2.89. The summed E-state index contributed by atoms with van der Waals surface area (Å²) in [5.41, 5.74) is -0.573. The Kier molecular flexibility index (Phi) is 5.70. The van der Waals surface area contributed by atoms with Crippen molar-refractivity contribution < 1.29 is 14.7 Å². The highest BCUT2D eigenvalue weighted by molar-refractivity contribution is 5.76. The quantitative estimate of drug-likeness (QED) is 0.746. The van der Waals surface area contributed by atoms with Gasteiger partial charge in [0, 0.05) is 24.7 Å². The number of amides is 3. The SMILES string of the molecule is CCC1(C)CC(CNC(=O)O)C(C)C(C)(CC)N1C(=O)NC. The fourth-order valence-corrected chi connectivity index (χ4v) is 4.00. The van der Waals surface area contributed by atoms with E-state index in [0.717, 1.165) is 19.3 Å². The van der Waals surface area contributed by atoms with Crippen LogP contribution in [0.2, 0.25) is 0 Å². The molecule has 0 radical (unpaired) electrons. The second-order valence-electron chi connectivity index (χ2n) is 6.89. The molecule has 0 aromatic heterocycles. The number of nitrogens with zero attached hydrogens (tertiary/aromatic N) is 1. The number of piperidine rings is 1. The van der Waals surface area contributed by atoms with Gasteiger partial charge in [-0.05, 0) is 44.9 Å². The van der Waals surface area contributed by atoms with Gasteiger partial charge in [0.05, 0.1) is 0 Å². The zero-order chi connectivity index (χ0) is 17.1. The van der Waals surface area contributed by atoms with Gasteiger partial charge in [-0.3, -0.25) is 0 Å². The van der Waals surface area contributed by atoms with E-state index in [2.05, 4.69) is 45.3 Å². The number of urea groups is 1. The minimum absolute atomic E-state index is 0.0507. The summed E-state index contributed by atoms with van der Waals surface area (Å²) in [5, 5.41) is 14.2. The van der Waals surface area contributed by atoms with Crippen molar-refractivity contribution in [2.75, 3.05) is 13.6 Å². The van der Waals surface area contributed by atoms with Gasteiger partial charge >= 0.3 is 12.1 Å². The van der Waals surface area contributed by atoms with E-state index in [1.54, 1.807) is 7.05 Å². The number of carbonyl (C=O) groups excluding carboxylic acids is 1. The van der Waals surface area contributed by atoms with Crippen LogP contribution in [0.5, 0.6) is 0 Å². The van der Waals surface area contributed by atoms with Crippen LogP contribution in [0.15, 0.2) is 0 Å². The molecule has 4 atom stereocenters. The Balaban J connectivity index is 3.21. The minimum Gasteiger partial charge on any atom is -0.465 e. The fraction of sp³-hybridized carbons (Fsp3) is 0.875. The Hall–Kier alpha value is -1.46. The molecule has 1 fully saturated rings. The summed E-state index contributed by atoms with van der Waals surface area (Å²) in [6.07, 6.45) is 1.48. The smallest absolute Gasteiger partial charge is 0.404 e. The van der Waals surface area contributed by atoms with Crippen LogP contribution in [0.25, 0.3) is 0 Å². The van der Waals surface area contributed by atoms with Gasteiger partial charge in [-0.2, -0.15) is 0 Å². The molecule has 1 rings (SSSR count). The van der Waals surface area contributed by atoms with Crippen LogP contribution in [0.3, 0.4) is 0 Å². The van der Waals surface area contributed by atoms with Crippen molar-refractivity contribution in [3.8, 4) is 0 Å². The monoisotopic (exact) mass is 313 g/mol. The zero-order valence-electron chi connectivity index (χ0n) is 14.7. The lowest BCUT2D eigenvalue weighted by molar-refractivity contribution is -0.0750. The first kappa shape index (κ1) is 18.6. The Labute approximate surface area is 133 Å². The standard InChI is InChI=1S/C16H31N3O3/c1-7-15(4)9-12(10-18-14(21)22)11(3)16(5,8-2)19(15)13(20)17-6/h11-12,18H,7-10H2,1-6H3,(H,17,20)(H,21,22). The first-order valence-electron chi connectivity index (χ1n) is 8.15. The largest absolute Gasteiger partial charge is 0.465 e. The van der Waals surface area contributed by atoms with Gasteiger partial charge in [0.2, 0.25) is 0 Å². The molecule has 1 saturated heterocycles. The average Bonchev–Trinajstić information content (AvgIpc) is 2.49. The molecular weight excluding hydrogens is 282 g/mol. The molecule has 0 spiro atoms. The molecule has 0 aliphatic carbocycles. The maximum atomic E-state index is 12.5. The molecule has 4 unspecified atom stereocenters. The van der Waals surface area contributed by atoms with Crippen LogP contribution in [-0.2, 0) is 0 Å². The summed E-state index contributed by atoms with van der Waals surface area (Å²) >= 11 is 0. The number of carbonyl (C=O) groups is 2. The Bertz CT molecular complexity index is 429. The molecule has 0 bridgehead atoms. The number of hydrogen-bond acceptors (Lipinski definition) is 2.